The van der Waals surface area contributed by atoms with Gasteiger partial charge >= 0.3 is 6.18 Å². The smallest absolute Gasteiger partial charge is 0.325 e. The van der Waals surface area contributed by atoms with Gasteiger partial charge < -0.3 is 9.88 Å². The zero-order valence-corrected chi connectivity index (χ0v) is 11.6. The lowest BCUT2D eigenvalue weighted by molar-refractivity contribution is -0.137. The molecule has 0 bridgehead atoms. The van der Waals surface area contributed by atoms with Gasteiger partial charge in [-0.25, -0.2) is 0 Å². The van der Waals surface area contributed by atoms with Crippen molar-refractivity contribution in [2.45, 2.75) is 19.6 Å². The molecule has 7 heteroatoms. The van der Waals surface area contributed by atoms with E-state index in [9.17, 15) is 22.8 Å². The largest absolute Gasteiger partial charge is 0.416 e. The summed E-state index contributed by atoms with van der Waals surface area (Å²) >= 11 is 0. The number of pyridine rings is 1. The molecule has 1 aromatic carbocycles. The Kier molecular flexibility index (Phi) is 4.35. The van der Waals surface area contributed by atoms with E-state index in [-0.39, 0.29) is 17.8 Å². The van der Waals surface area contributed by atoms with Crippen molar-refractivity contribution < 1.29 is 18.0 Å². The van der Waals surface area contributed by atoms with Crippen molar-refractivity contribution >= 4 is 11.6 Å². The minimum absolute atomic E-state index is 0.0291. The summed E-state index contributed by atoms with van der Waals surface area (Å²) in [6.07, 6.45) is -4.48. The average molecular weight is 310 g/mol. The highest BCUT2D eigenvalue weighted by Crippen LogP contribution is 2.30. The van der Waals surface area contributed by atoms with E-state index >= 15 is 0 Å². The Morgan fingerprint density at radius 3 is 2.50 bits per heavy atom. The molecule has 0 saturated heterocycles. The summed E-state index contributed by atoms with van der Waals surface area (Å²) in [5.41, 5.74) is -0.578. The second-order valence-electron chi connectivity index (χ2n) is 4.72. The number of rotatable bonds is 3. The molecule has 0 fully saturated rings. The minimum Gasteiger partial charge on any atom is -0.325 e. The highest BCUT2D eigenvalue weighted by Gasteiger charge is 2.30. The van der Waals surface area contributed by atoms with Gasteiger partial charge in [0.1, 0.15) is 6.54 Å². The van der Waals surface area contributed by atoms with Gasteiger partial charge in [0.15, 0.2) is 0 Å². The normalized spacial score (nSPS) is 11.3. The molecule has 0 saturated carbocycles. The molecule has 0 aliphatic carbocycles. The van der Waals surface area contributed by atoms with Crippen molar-refractivity contribution in [1.82, 2.24) is 4.57 Å². The number of anilines is 1. The Morgan fingerprint density at radius 1 is 1.18 bits per heavy atom. The summed E-state index contributed by atoms with van der Waals surface area (Å²) in [5, 5.41) is 2.36. The first-order valence-electron chi connectivity index (χ1n) is 6.41. The highest BCUT2D eigenvalue weighted by atomic mass is 19.4. The van der Waals surface area contributed by atoms with E-state index in [1.54, 1.807) is 19.1 Å². The van der Waals surface area contributed by atoms with Crippen molar-refractivity contribution in [3.8, 4) is 0 Å². The first kappa shape index (κ1) is 15.8. The lowest BCUT2D eigenvalue weighted by atomic mass is 10.2. The number of hydrogen-bond acceptors (Lipinski definition) is 2. The number of nitrogens with zero attached hydrogens (tertiary/aromatic N) is 1. The molecule has 0 unspecified atom stereocenters. The molecule has 2 rings (SSSR count). The first-order chi connectivity index (χ1) is 10.3. The van der Waals surface area contributed by atoms with Crippen LogP contribution in [0.15, 0.2) is 47.3 Å². The number of aryl methyl sites for hydroxylation is 1. The number of alkyl halides is 3. The van der Waals surface area contributed by atoms with Gasteiger partial charge in [0, 0.05) is 17.4 Å². The van der Waals surface area contributed by atoms with E-state index in [1.807, 2.05) is 0 Å². The molecule has 0 radical (unpaired) electrons. The van der Waals surface area contributed by atoms with Crippen LogP contribution in [-0.4, -0.2) is 10.5 Å². The maximum atomic E-state index is 12.6. The van der Waals surface area contributed by atoms with Crippen LogP contribution in [0.25, 0.3) is 0 Å². The number of benzene rings is 1. The fraction of sp³-hybridized carbons (Fsp3) is 0.200. The van der Waals surface area contributed by atoms with Gasteiger partial charge in [-0.2, -0.15) is 13.2 Å². The minimum atomic E-state index is -4.48. The van der Waals surface area contributed by atoms with Gasteiger partial charge in [-0.05, 0) is 31.2 Å². The molecular weight excluding hydrogens is 297 g/mol. The second kappa shape index (κ2) is 6.05. The SMILES string of the molecule is Cc1cccc(=O)n1CC(=O)Nc1cccc(C(F)(F)F)c1. The standard InChI is InChI=1S/C15H13F3N2O2/c1-10-4-2-7-14(22)20(10)9-13(21)19-12-6-3-5-11(8-12)15(16,17)18/h2-8H,9H2,1H3,(H,19,21). The molecule has 1 amide bonds. The topological polar surface area (TPSA) is 51.1 Å². The molecule has 22 heavy (non-hydrogen) atoms. The molecule has 0 spiro atoms. The summed E-state index contributed by atoms with van der Waals surface area (Å²) < 4.78 is 39.0. The zero-order chi connectivity index (χ0) is 16.3. The summed E-state index contributed by atoms with van der Waals surface area (Å²) in [4.78, 5) is 23.5. The lowest BCUT2D eigenvalue weighted by Gasteiger charge is -2.11. The maximum absolute atomic E-state index is 12.6. The van der Waals surface area contributed by atoms with Gasteiger partial charge in [0.05, 0.1) is 5.56 Å². The molecule has 2 aromatic rings. The predicted octanol–water partition coefficient (Wildman–Crippen LogP) is 2.81. The highest BCUT2D eigenvalue weighted by molar-refractivity contribution is 5.90. The third kappa shape index (κ3) is 3.75. The Morgan fingerprint density at radius 2 is 1.86 bits per heavy atom. The van der Waals surface area contributed by atoms with Crippen molar-refractivity contribution in [3.05, 3.63) is 64.1 Å². The number of aromatic nitrogens is 1. The van der Waals surface area contributed by atoms with Crippen LogP contribution in [0, 0.1) is 6.92 Å². The second-order valence-corrected chi connectivity index (χ2v) is 4.72. The molecule has 116 valence electrons. The van der Waals surface area contributed by atoms with Crippen LogP contribution in [0.1, 0.15) is 11.3 Å². The molecule has 0 aliphatic heterocycles. The van der Waals surface area contributed by atoms with Crippen molar-refractivity contribution in [3.63, 3.8) is 0 Å². The van der Waals surface area contributed by atoms with Crippen LogP contribution in [0.2, 0.25) is 0 Å². The van der Waals surface area contributed by atoms with Crippen LogP contribution in [0.4, 0.5) is 18.9 Å². The van der Waals surface area contributed by atoms with Gasteiger partial charge in [-0.15, -0.1) is 0 Å². The maximum Gasteiger partial charge on any atom is 0.416 e. The molecule has 0 aliphatic rings. The monoisotopic (exact) mass is 310 g/mol. The molecule has 1 N–H and O–H groups in total. The third-order valence-electron chi connectivity index (χ3n) is 3.04. The third-order valence-corrected chi connectivity index (χ3v) is 3.04. The Bertz CT molecular complexity index is 751. The van der Waals surface area contributed by atoms with E-state index in [0.717, 1.165) is 12.1 Å². The number of carbonyl (C=O) groups excluding carboxylic acids is 1. The van der Waals surface area contributed by atoms with Crippen molar-refractivity contribution in [2.75, 3.05) is 5.32 Å². The van der Waals surface area contributed by atoms with Crippen LogP contribution in [0.3, 0.4) is 0 Å². The van der Waals surface area contributed by atoms with Gasteiger partial charge in [-0.3, -0.25) is 9.59 Å². The van der Waals surface area contributed by atoms with Gasteiger partial charge in [0.2, 0.25) is 5.91 Å². The Labute approximate surface area is 124 Å². The molecule has 1 aromatic heterocycles. The number of hydrogen-bond donors (Lipinski definition) is 1. The Balaban J connectivity index is 2.15. The van der Waals surface area contributed by atoms with Crippen LogP contribution >= 0.6 is 0 Å². The van der Waals surface area contributed by atoms with E-state index < -0.39 is 17.6 Å². The molecule has 0 atom stereocenters. The number of halogens is 3. The molecule has 4 nitrogen and oxygen atoms in total. The van der Waals surface area contributed by atoms with Gasteiger partial charge in [-0.1, -0.05) is 12.1 Å². The summed E-state index contributed by atoms with van der Waals surface area (Å²) in [6, 6.07) is 8.87. The lowest BCUT2D eigenvalue weighted by Crippen LogP contribution is -2.28. The van der Waals surface area contributed by atoms with E-state index in [0.29, 0.717) is 5.69 Å². The quantitative estimate of drug-likeness (QED) is 0.948. The fourth-order valence-electron chi connectivity index (χ4n) is 1.94. The first-order valence-corrected chi connectivity index (χ1v) is 6.41. The average Bonchev–Trinajstić information content (AvgIpc) is 2.42. The van der Waals surface area contributed by atoms with Crippen molar-refractivity contribution in [2.24, 2.45) is 0 Å². The predicted molar refractivity (Wildman–Crippen MR) is 75.5 cm³/mol. The molecular formula is C15H13F3N2O2. The Hall–Kier alpha value is -2.57. The molecule has 1 heterocycles. The van der Waals surface area contributed by atoms with Crippen LogP contribution < -0.4 is 10.9 Å². The van der Waals surface area contributed by atoms with Gasteiger partial charge in [0.25, 0.3) is 5.56 Å². The number of carbonyl (C=O) groups is 1. The van der Waals surface area contributed by atoms with E-state index in [1.165, 1.54) is 22.8 Å². The van der Waals surface area contributed by atoms with Crippen LogP contribution in [-0.2, 0) is 17.5 Å². The van der Waals surface area contributed by atoms with Crippen LogP contribution in [0.5, 0.6) is 0 Å². The zero-order valence-electron chi connectivity index (χ0n) is 11.6. The summed E-state index contributed by atoms with van der Waals surface area (Å²) in [6.45, 7) is 1.40. The van der Waals surface area contributed by atoms with Crippen molar-refractivity contribution in [1.29, 1.82) is 0 Å². The fourth-order valence-corrected chi connectivity index (χ4v) is 1.94. The van der Waals surface area contributed by atoms with E-state index in [2.05, 4.69) is 5.32 Å². The summed E-state index contributed by atoms with van der Waals surface area (Å²) in [7, 11) is 0. The summed E-state index contributed by atoms with van der Waals surface area (Å²) in [5.74, 6) is -0.573. The van der Waals surface area contributed by atoms with E-state index in [4.69, 9.17) is 0 Å². The number of amides is 1. The number of nitrogens with one attached hydrogen (secondary N) is 1.